The summed E-state index contributed by atoms with van der Waals surface area (Å²) in [4.78, 5) is 28.5. The molecule has 0 aliphatic rings. The number of hydrogen-bond acceptors (Lipinski definition) is 4. The van der Waals surface area contributed by atoms with Gasteiger partial charge in [-0.25, -0.2) is 0 Å². The Morgan fingerprint density at radius 2 is 1.54 bits per heavy atom. The fourth-order valence-corrected chi connectivity index (χ4v) is 5.73. The Labute approximate surface area is 167 Å². The summed E-state index contributed by atoms with van der Waals surface area (Å²) in [6.07, 6.45) is 8.84. The highest BCUT2D eigenvalue weighted by atomic mass is 31.2. The third-order valence-electron chi connectivity index (χ3n) is 4.74. The Bertz CT molecular complexity index is 659. The van der Waals surface area contributed by atoms with E-state index in [1.165, 1.54) is 50.7 Å². The number of hydrogen-bond donors (Lipinski definition) is 4. The van der Waals surface area contributed by atoms with Crippen molar-refractivity contribution in [1.29, 1.82) is 0 Å². The van der Waals surface area contributed by atoms with E-state index in [0.717, 1.165) is 19.5 Å². The van der Waals surface area contributed by atoms with Gasteiger partial charge in [-0.15, -0.1) is 0 Å². The van der Waals surface area contributed by atoms with E-state index in [2.05, 4.69) is 6.92 Å². The van der Waals surface area contributed by atoms with Gasteiger partial charge < -0.3 is 24.5 Å². The summed E-state index contributed by atoms with van der Waals surface area (Å²) in [5, 5.41) is 7.24. The number of ether oxygens (including phenoxy) is 1. The number of rotatable bonds is 14. The molecule has 0 fully saturated rings. The van der Waals surface area contributed by atoms with Crippen LogP contribution in [-0.2, 0) is 15.6 Å². The molecule has 0 amide bonds. The fraction of sp³-hybridized carbons (Fsp3) is 0.684. The largest absolute Gasteiger partial charge is 0.494 e. The Morgan fingerprint density at radius 3 is 2.07 bits per heavy atom. The second-order valence-corrected chi connectivity index (χ2v) is 12.0. The zero-order valence-corrected chi connectivity index (χ0v) is 18.6. The first kappa shape index (κ1) is 25.4. The summed E-state index contributed by atoms with van der Waals surface area (Å²) in [5.41, 5.74) is 0.315. The third kappa shape index (κ3) is 7.98. The minimum Gasteiger partial charge on any atom is -0.494 e. The Kier molecular flexibility index (Phi) is 10.4. The van der Waals surface area contributed by atoms with Crippen LogP contribution in [0.4, 0.5) is 0 Å². The van der Waals surface area contributed by atoms with E-state index in [1.54, 1.807) is 12.1 Å². The van der Waals surface area contributed by atoms with Crippen LogP contribution in [0.15, 0.2) is 24.3 Å². The van der Waals surface area contributed by atoms with E-state index in [0.29, 0.717) is 17.9 Å². The molecule has 0 radical (unpaired) electrons. The first-order valence-corrected chi connectivity index (χ1v) is 13.5. The van der Waals surface area contributed by atoms with Gasteiger partial charge in [0.1, 0.15) is 5.75 Å². The van der Waals surface area contributed by atoms with Gasteiger partial charge in [0.2, 0.25) is 12.5 Å². The van der Waals surface area contributed by atoms with E-state index in [-0.39, 0.29) is 0 Å². The molecule has 162 valence electrons. The van der Waals surface area contributed by atoms with Crippen LogP contribution < -0.4 is 4.74 Å². The van der Waals surface area contributed by atoms with Gasteiger partial charge >= 0.3 is 7.60 Å². The van der Waals surface area contributed by atoms with Gasteiger partial charge in [0, 0.05) is 13.1 Å². The van der Waals surface area contributed by atoms with Crippen LogP contribution in [0.3, 0.4) is 0 Å². The fourth-order valence-electron chi connectivity index (χ4n) is 2.94. The topological polar surface area (TPSA) is 124 Å². The molecule has 0 saturated heterocycles. The van der Waals surface area contributed by atoms with Crippen molar-refractivity contribution in [3.8, 4) is 5.75 Å². The molecule has 28 heavy (non-hydrogen) atoms. The first-order valence-electron chi connectivity index (χ1n) is 9.81. The van der Waals surface area contributed by atoms with Crippen molar-refractivity contribution < 1.29 is 33.7 Å². The summed E-state index contributed by atoms with van der Waals surface area (Å²) >= 11 is 0. The van der Waals surface area contributed by atoms with Crippen molar-refractivity contribution in [2.45, 2.75) is 69.8 Å². The quantitative estimate of drug-likeness (QED) is 0.250. The molecule has 0 aromatic heterocycles. The van der Waals surface area contributed by atoms with Gasteiger partial charge in [-0.1, -0.05) is 64.0 Å². The van der Waals surface area contributed by atoms with Crippen molar-refractivity contribution >= 4 is 15.0 Å². The molecule has 0 bridgehead atoms. The molecule has 2 atom stereocenters. The van der Waals surface area contributed by atoms with Crippen molar-refractivity contribution in [3.05, 3.63) is 29.8 Å². The summed E-state index contributed by atoms with van der Waals surface area (Å²) in [7, 11) is -9.72. The zero-order chi connectivity index (χ0) is 21.3. The van der Waals surface area contributed by atoms with Crippen molar-refractivity contribution in [2.75, 3.05) is 13.3 Å². The van der Waals surface area contributed by atoms with Crippen molar-refractivity contribution in [1.82, 2.24) is 0 Å². The minimum atomic E-state index is -5.23. The summed E-state index contributed by atoms with van der Waals surface area (Å²) in [6.45, 7) is 3.46. The number of aliphatic hydroxyl groups is 1. The summed E-state index contributed by atoms with van der Waals surface area (Å²) < 4.78 is 29.2. The van der Waals surface area contributed by atoms with Crippen LogP contribution in [0.2, 0.25) is 0 Å². The van der Waals surface area contributed by atoms with Gasteiger partial charge in [-0.05, 0) is 24.1 Å². The normalized spacial score (nSPS) is 16.4. The molecular weight excluding hydrogens is 402 g/mol. The van der Waals surface area contributed by atoms with Gasteiger partial charge in [0.05, 0.1) is 6.61 Å². The molecule has 4 N–H and O–H groups in total. The van der Waals surface area contributed by atoms with E-state index in [9.17, 15) is 28.9 Å². The molecule has 1 aromatic carbocycles. The molecule has 0 spiro atoms. The Hall–Kier alpha value is -0.680. The molecule has 7 nitrogen and oxygen atoms in total. The summed E-state index contributed by atoms with van der Waals surface area (Å²) in [6, 6.07) is 6.38. The van der Waals surface area contributed by atoms with Crippen LogP contribution in [-0.4, -0.2) is 38.1 Å². The maximum absolute atomic E-state index is 11.9. The molecule has 0 saturated carbocycles. The lowest BCUT2D eigenvalue weighted by molar-refractivity contribution is 0.149. The molecule has 0 heterocycles. The minimum absolute atomic E-state index is 0.315. The van der Waals surface area contributed by atoms with E-state index in [4.69, 9.17) is 4.74 Å². The molecule has 2 unspecified atom stereocenters. The van der Waals surface area contributed by atoms with Crippen LogP contribution in [0, 0.1) is 0 Å². The summed E-state index contributed by atoms with van der Waals surface area (Å²) in [5.74, 6) is 0.498. The first-order chi connectivity index (χ1) is 13.0. The number of unbranched alkanes of at least 4 members (excludes halogenated alkanes) is 7. The maximum Gasteiger partial charge on any atom is 0.367 e. The highest BCUT2D eigenvalue weighted by Gasteiger charge is 2.56. The monoisotopic (exact) mass is 436 g/mol. The van der Waals surface area contributed by atoms with E-state index in [1.807, 2.05) is 0 Å². The molecule has 0 aliphatic carbocycles. The van der Waals surface area contributed by atoms with E-state index < -0.39 is 26.5 Å². The molecular formula is C19H34O7P2. The lowest BCUT2D eigenvalue weighted by Gasteiger charge is -2.31. The predicted molar refractivity (Wildman–Crippen MR) is 111 cm³/mol. The van der Waals surface area contributed by atoms with E-state index >= 15 is 0 Å². The standard InChI is InChI=1S/C19H34O7P2/c1-3-4-5-6-7-8-9-10-14-26-18-13-11-12-17(15-18)16-19(20,27(2,21)22)28(23,24)25/h11-13,15,20H,3-10,14,16H2,1-2H3,(H,21,22)(H2,23,24,25). The highest BCUT2D eigenvalue weighted by molar-refractivity contribution is 7.74. The Morgan fingerprint density at radius 1 is 0.964 bits per heavy atom. The lowest BCUT2D eigenvalue weighted by Crippen LogP contribution is -2.31. The smallest absolute Gasteiger partial charge is 0.367 e. The van der Waals surface area contributed by atoms with Crippen molar-refractivity contribution in [3.63, 3.8) is 0 Å². The SMILES string of the molecule is CCCCCCCCCCOc1cccc(CC(O)(P(C)(=O)O)P(=O)(O)O)c1. The van der Waals surface area contributed by atoms with Gasteiger partial charge in [-0.3, -0.25) is 9.13 Å². The predicted octanol–water partition coefficient (Wildman–Crippen LogP) is 4.47. The molecule has 1 aromatic rings. The maximum atomic E-state index is 11.9. The highest BCUT2D eigenvalue weighted by Crippen LogP contribution is 2.68. The van der Waals surface area contributed by atoms with Crippen LogP contribution in [0.5, 0.6) is 5.75 Å². The Balaban J connectivity index is 2.54. The second kappa shape index (κ2) is 11.5. The lowest BCUT2D eigenvalue weighted by atomic mass is 10.1. The molecule has 9 heteroatoms. The second-order valence-electron chi connectivity index (χ2n) is 7.35. The van der Waals surface area contributed by atoms with Crippen molar-refractivity contribution in [2.24, 2.45) is 0 Å². The number of benzene rings is 1. The van der Waals surface area contributed by atoms with Crippen LogP contribution in [0.1, 0.15) is 63.9 Å². The van der Waals surface area contributed by atoms with Crippen LogP contribution in [0.25, 0.3) is 0 Å². The van der Waals surface area contributed by atoms with Gasteiger partial charge in [0.15, 0.2) is 0 Å². The molecule has 0 aliphatic heterocycles. The average molecular weight is 436 g/mol. The van der Waals surface area contributed by atoms with Gasteiger partial charge in [0.25, 0.3) is 0 Å². The molecule has 1 rings (SSSR count). The average Bonchev–Trinajstić information content (AvgIpc) is 2.58. The zero-order valence-electron chi connectivity index (χ0n) is 16.8. The third-order valence-corrected chi connectivity index (χ3v) is 9.21. The van der Waals surface area contributed by atoms with Crippen LogP contribution >= 0.6 is 15.0 Å². The van der Waals surface area contributed by atoms with Gasteiger partial charge in [-0.2, -0.15) is 0 Å².